The Kier molecular flexibility index (Phi) is 5.22. The highest BCUT2D eigenvalue weighted by Gasteiger charge is 2.19. The summed E-state index contributed by atoms with van der Waals surface area (Å²) < 4.78 is 0. The smallest absolute Gasteiger partial charge is 0.218 e. The van der Waals surface area contributed by atoms with Gasteiger partial charge in [-0.05, 0) is 12.3 Å². The van der Waals surface area contributed by atoms with Gasteiger partial charge in [-0.15, -0.1) is 12.4 Å². The second-order valence-corrected chi connectivity index (χ2v) is 3.01. The first-order chi connectivity index (χ1) is 5.68. The molecule has 0 heterocycles. The Labute approximate surface area is 83.9 Å². The van der Waals surface area contributed by atoms with Crippen molar-refractivity contribution >= 4 is 24.3 Å². The van der Waals surface area contributed by atoms with Crippen LogP contribution in [0.15, 0.2) is 9.98 Å². The van der Waals surface area contributed by atoms with Crippen molar-refractivity contribution in [3.05, 3.63) is 0 Å². The molecule has 0 aliphatic heterocycles. The third kappa shape index (κ3) is 6.21. The second-order valence-electron chi connectivity index (χ2n) is 3.01. The maximum atomic E-state index is 5.38. The van der Waals surface area contributed by atoms with Crippen LogP contribution in [0.3, 0.4) is 0 Å². The zero-order valence-electron chi connectivity index (χ0n) is 7.44. The predicted molar refractivity (Wildman–Crippen MR) is 56.9 cm³/mol. The van der Waals surface area contributed by atoms with E-state index in [9.17, 15) is 0 Å². The number of nitrogens with zero attached hydrogens (tertiary/aromatic N) is 2. The van der Waals surface area contributed by atoms with Crippen molar-refractivity contribution in [2.45, 2.75) is 19.3 Å². The molecule has 0 aromatic rings. The molecular formula is C7H16ClN5. The predicted octanol–water partition coefficient (Wildman–Crippen LogP) is -0.204. The van der Waals surface area contributed by atoms with Crippen LogP contribution in [-0.4, -0.2) is 18.5 Å². The molecule has 13 heavy (non-hydrogen) atoms. The Hall–Kier alpha value is -0.970. The molecule has 1 aliphatic carbocycles. The molecule has 1 rings (SSSR count). The molecule has 6 N–H and O–H groups in total. The highest BCUT2D eigenvalue weighted by Crippen LogP contribution is 2.31. The van der Waals surface area contributed by atoms with E-state index in [0.29, 0.717) is 0 Å². The maximum absolute atomic E-state index is 5.38. The van der Waals surface area contributed by atoms with Gasteiger partial charge in [-0.3, -0.25) is 4.99 Å². The first-order valence-corrected chi connectivity index (χ1v) is 4.08. The Balaban J connectivity index is 0.00000144. The third-order valence-corrected chi connectivity index (χ3v) is 1.75. The molecular weight excluding hydrogens is 190 g/mol. The lowest BCUT2D eigenvalue weighted by molar-refractivity contribution is 0.739. The van der Waals surface area contributed by atoms with E-state index in [-0.39, 0.29) is 24.3 Å². The van der Waals surface area contributed by atoms with Crippen LogP contribution in [0.2, 0.25) is 0 Å². The van der Waals surface area contributed by atoms with E-state index in [1.165, 1.54) is 12.8 Å². The summed E-state index contributed by atoms with van der Waals surface area (Å²) in [4.78, 5) is 7.59. The van der Waals surface area contributed by atoms with Crippen molar-refractivity contribution in [1.82, 2.24) is 0 Å². The van der Waals surface area contributed by atoms with Gasteiger partial charge in [0.05, 0.1) is 0 Å². The summed E-state index contributed by atoms with van der Waals surface area (Å²) in [5, 5.41) is 0. The molecule has 1 saturated carbocycles. The second kappa shape index (κ2) is 5.64. The first kappa shape index (κ1) is 12.0. The van der Waals surface area contributed by atoms with Gasteiger partial charge in [-0.25, -0.2) is 0 Å². The van der Waals surface area contributed by atoms with Crippen molar-refractivity contribution in [2.24, 2.45) is 33.1 Å². The molecule has 5 nitrogen and oxygen atoms in total. The van der Waals surface area contributed by atoms with E-state index in [1.54, 1.807) is 0 Å². The molecule has 1 aliphatic rings. The number of hydrogen-bond donors (Lipinski definition) is 3. The minimum atomic E-state index is -0.0392. The maximum Gasteiger partial charge on any atom is 0.218 e. The van der Waals surface area contributed by atoms with Gasteiger partial charge in [0, 0.05) is 6.54 Å². The lowest BCUT2D eigenvalue weighted by atomic mass is 10.3. The Morgan fingerprint density at radius 2 is 1.85 bits per heavy atom. The molecule has 0 saturated heterocycles. The van der Waals surface area contributed by atoms with Gasteiger partial charge in [-0.2, -0.15) is 4.99 Å². The lowest BCUT2D eigenvalue weighted by Crippen LogP contribution is -2.26. The standard InChI is InChI=1S/C7H15N5.ClH/c8-6(9)12-7(10)11-4-3-5-1-2-5;/h5H,1-4H2,(H6,8,9,10,11,12);1H. The molecule has 0 aromatic heterocycles. The fraction of sp³-hybridized carbons (Fsp3) is 0.714. The van der Waals surface area contributed by atoms with Gasteiger partial charge in [-0.1, -0.05) is 12.8 Å². The fourth-order valence-corrected chi connectivity index (χ4v) is 0.936. The summed E-state index contributed by atoms with van der Waals surface area (Å²) in [6.45, 7) is 0.729. The molecule has 0 amide bonds. The van der Waals surface area contributed by atoms with Crippen molar-refractivity contribution in [3.8, 4) is 0 Å². The highest BCUT2D eigenvalue weighted by atomic mass is 35.5. The zero-order chi connectivity index (χ0) is 8.97. The third-order valence-electron chi connectivity index (χ3n) is 1.75. The van der Waals surface area contributed by atoms with Crippen LogP contribution < -0.4 is 17.2 Å². The normalized spacial score (nSPS) is 16.2. The van der Waals surface area contributed by atoms with E-state index in [0.717, 1.165) is 18.9 Å². The number of nitrogens with two attached hydrogens (primary N) is 3. The van der Waals surface area contributed by atoms with Gasteiger partial charge < -0.3 is 17.2 Å². The summed E-state index contributed by atoms with van der Waals surface area (Å²) in [7, 11) is 0. The van der Waals surface area contributed by atoms with Gasteiger partial charge >= 0.3 is 0 Å². The molecule has 6 heteroatoms. The number of hydrogen-bond acceptors (Lipinski definition) is 1. The monoisotopic (exact) mass is 205 g/mol. The molecule has 0 radical (unpaired) electrons. The van der Waals surface area contributed by atoms with Crippen LogP contribution in [0.1, 0.15) is 19.3 Å². The molecule has 0 unspecified atom stereocenters. The summed E-state index contributed by atoms with van der Waals surface area (Å²) >= 11 is 0. The van der Waals surface area contributed by atoms with Crippen LogP contribution in [0, 0.1) is 5.92 Å². The van der Waals surface area contributed by atoms with Crippen LogP contribution in [0.25, 0.3) is 0 Å². The molecule has 76 valence electrons. The first-order valence-electron chi connectivity index (χ1n) is 4.08. The summed E-state index contributed by atoms with van der Waals surface area (Å²) in [5.74, 6) is 0.999. The number of guanidine groups is 2. The zero-order valence-corrected chi connectivity index (χ0v) is 8.26. The van der Waals surface area contributed by atoms with Crippen molar-refractivity contribution < 1.29 is 0 Å². The summed E-state index contributed by atoms with van der Waals surface area (Å²) in [5.41, 5.74) is 15.6. The van der Waals surface area contributed by atoms with Crippen LogP contribution >= 0.6 is 12.4 Å². The molecule has 0 atom stereocenters. The average Bonchev–Trinajstić information content (AvgIpc) is 2.69. The fourth-order valence-electron chi connectivity index (χ4n) is 0.936. The minimum Gasteiger partial charge on any atom is -0.370 e. The summed E-state index contributed by atoms with van der Waals surface area (Å²) in [6, 6.07) is 0. The van der Waals surface area contributed by atoms with E-state index in [1.807, 2.05) is 0 Å². The Bertz CT molecular complexity index is 205. The van der Waals surface area contributed by atoms with E-state index < -0.39 is 0 Å². The SMILES string of the molecule is Cl.NC(N)=NC(N)=NCCC1CC1. The summed E-state index contributed by atoms with van der Waals surface area (Å²) in [6.07, 6.45) is 3.76. The van der Waals surface area contributed by atoms with E-state index >= 15 is 0 Å². The van der Waals surface area contributed by atoms with Crippen LogP contribution in [0.4, 0.5) is 0 Å². The van der Waals surface area contributed by atoms with E-state index in [4.69, 9.17) is 17.2 Å². The van der Waals surface area contributed by atoms with Gasteiger partial charge in [0.2, 0.25) is 5.96 Å². The average molecular weight is 206 g/mol. The van der Waals surface area contributed by atoms with Gasteiger partial charge in [0.15, 0.2) is 5.96 Å². The van der Waals surface area contributed by atoms with Crippen molar-refractivity contribution in [3.63, 3.8) is 0 Å². The number of rotatable bonds is 3. The topological polar surface area (TPSA) is 103 Å². The van der Waals surface area contributed by atoms with Crippen molar-refractivity contribution in [2.75, 3.05) is 6.54 Å². The Morgan fingerprint density at radius 1 is 1.23 bits per heavy atom. The van der Waals surface area contributed by atoms with Crippen LogP contribution in [-0.2, 0) is 0 Å². The van der Waals surface area contributed by atoms with Gasteiger partial charge in [0.1, 0.15) is 0 Å². The van der Waals surface area contributed by atoms with Crippen molar-refractivity contribution in [1.29, 1.82) is 0 Å². The molecule has 0 aromatic carbocycles. The number of halogens is 1. The quantitative estimate of drug-likeness (QED) is 0.439. The Morgan fingerprint density at radius 3 is 2.31 bits per heavy atom. The molecule has 0 bridgehead atoms. The largest absolute Gasteiger partial charge is 0.370 e. The number of aliphatic imine (C=N–C) groups is 2. The highest BCUT2D eigenvalue weighted by molar-refractivity contribution is 5.92. The van der Waals surface area contributed by atoms with Gasteiger partial charge in [0.25, 0.3) is 0 Å². The molecule has 1 fully saturated rings. The van der Waals surface area contributed by atoms with E-state index in [2.05, 4.69) is 9.98 Å². The van der Waals surface area contributed by atoms with Crippen LogP contribution in [0.5, 0.6) is 0 Å². The lowest BCUT2D eigenvalue weighted by Gasteiger charge is -1.94. The molecule has 0 spiro atoms. The minimum absolute atomic E-state index is 0.